The van der Waals surface area contributed by atoms with Crippen molar-refractivity contribution in [1.82, 2.24) is 4.72 Å². The number of hydrogen-bond donors (Lipinski definition) is 1. The van der Waals surface area contributed by atoms with Crippen molar-refractivity contribution in [2.24, 2.45) is 0 Å². The Kier molecular flexibility index (Phi) is 6.86. The van der Waals surface area contributed by atoms with E-state index in [1.807, 2.05) is 0 Å². The molecule has 1 N–H and O–H groups in total. The van der Waals surface area contributed by atoms with Gasteiger partial charge in [-0.3, -0.25) is 4.79 Å². The molecule has 1 aromatic heterocycles. The van der Waals surface area contributed by atoms with Crippen LogP contribution in [-0.4, -0.2) is 32.3 Å². The van der Waals surface area contributed by atoms with Gasteiger partial charge >= 0.3 is 5.97 Å². The van der Waals surface area contributed by atoms with E-state index < -0.39 is 28.1 Å². The van der Waals surface area contributed by atoms with Crippen molar-refractivity contribution in [3.05, 3.63) is 49.6 Å². The maximum absolute atomic E-state index is 12.5. The van der Waals surface area contributed by atoms with Crippen LogP contribution in [0.2, 0.25) is 5.02 Å². The van der Waals surface area contributed by atoms with Gasteiger partial charge in [-0.2, -0.15) is 0 Å². The number of sulfonamides is 1. The summed E-state index contributed by atoms with van der Waals surface area (Å²) in [5, 5.41) is -0.0252. The van der Waals surface area contributed by atoms with Gasteiger partial charge in [0.25, 0.3) is 0 Å². The van der Waals surface area contributed by atoms with Crippen molar-refractivity contribution in [2.75, 3.05) is 6.61 Å². The summed E-state index contributed by atoms with van der Waals surface area (Å²) in [4.78, 5) is 24.5. The molecule has 0 saturated carbocycles. The Morgan fingerprint density at radius 3 is 2.44 bits per heavy atom. The largest absolute Gasteiger partial charge is 0.454 e. The van der Waals surface area contributed by atoms with Crippen LogP contribution in [-0.2, 0) is 14.8 Å². The summed E-state index contributed by atoms with van der Waals surface area (Å²) in [6.45, 7) is 4.61. The number of thiophene rings is 1. The molecule has 2 rings (SSSR count). The van der Waals surface area contributed by atoms with Gasteiger partial charge < -0.3 is 4.74 Å². The second kappa shape index (κ2) is 8.40. The lowest BCUT2D eigenvalue weighted by Gasteiger charge is -2.21. The average molecular weight is 495 g/mol. The van der Waals surface area contributed by atoms with Gasteiger partial charge in [-0.1, -0.05) is 11.6 Å². The summed E-state index contributed by atoms with van der Waals surface area (Å²) >= 11 is 10.5. The van der Waals surface area contributed by atoms with E-state index in [0.717, 1.165) is 9.85 Å². The summed E-state index contributed by atoms with van der Waals surface area (Å²) in [7, 11) is -3.94. The van der Waals surface area contributed by atoms with Crippen LogP contribution in [0.3, 0.4) is 0 Å². The predicted molar refractivity (Wildman–Crippen MR) is 108 cm³/mol. The number of carbonyl (C=O) groups excluding carboxylic acids is 2. The maximum Gasteiger partial charge on any atom is 0.338 e. The predicted octanol–water partition coefficient (Wildman–Crippen LogP) is 4.28. The van der Waals surface area contributed by atoms with E-state index in [1.54, 1.807) is 32.9 Å². The molecule has 1 aromatic carbocycles. The Morgan fingerprint density at radius 1 is 1.22 bits per heavy atom. The normalized spacial score (nSPS) is 12.0. The molecule has 0 aliphatic carbocycles. The van der Waals surface area contributed by atoms with Crippen molar-refractivity contribution in [2.45, 2.75) is 31.2 Å². The van der Waals surface area contributed by atoms with E-state index in [4.69, 9.17) is 16.3 Å². The number of benzene rings is 1. The Labute approximate surface area is 175 Å². The second-order valence-corrected chi connectivity index (χ2v) is 11.1. The molecule has 6 nitrogen and oxygen atoms in total. The molecule has 0 aliphatic heterocycles. The second-order valence-electron chi connectivity index (χ2n) is 6.60. The first-order valence-electron chi connectivity index (χ1n) is 7.68. The molecule has 0 aliphatic rings. The summed E-state index contributed by atoms with van der Waals surface area (Å²) < 4.78 is 33.2. The average Bonchev–Trinajstić information content (AvgIpc) is 2.96. The van der Waals surface area contributed by atoms with E-state index >= 15 is 0 Å². The molecule has 0 saturated heterocycles. The van der Waals surface area contributed by atoms with Gasteiger partial charge in [0.2, 0.25) is 15.8 Å². The highest BCUT2D eigenvalue weighted by Crippen LogP contribution is 2.25. The van der Waals surface area contributed by atoms with Crippen LogP contribution < -0.4 is 4.72 Å². The molecule has 0 radical (unpaired) electrons. The zero-order chi connectivity index (χ0) is 20.4. The molecule has 146 valence electrons. The van der Waals surface area contributed by atoms with Crippen LogP contribution in [0.5, 0.6) is 0 Å². The molecule has 10 heteroatoms. The molecular formula is C17H17BrClNO5S2. The molecule has 2 aromatic rings. The summed E-state index contributed by atoms with van der Waals surface area (Å²) in [6, 6.07) is 7.11. The zero-order valence-electron chi connectivity index (χ0n) is 14.7. The van der Waals surface area contributed by atoms with Gasteiger partial charge in [0.15, 0.2) is 6.61 Å². The molecule has 27 heavy (non-hydrogen) atoms. The van der Waals surface area contributed by atoms with Gasteiger partial charge in [-0.25, -0.2) is 17.9 Å². The maximum atomic E-state index is 12.5. The third kappa shape index (κ3) is 6.11. The number of carbonyl (C=O) groups is 2. The zero-order valence-corrected chi connectivity index (χ0v) is 18.7. The smallest absolute Gasteiger partial charge is 0.338 e. The fraction of sp³-hybridized carbons (Fsp3) is 0.294. The molecule has 0 spiro atoms. The summed E-state index contributed by atoms with van der Waals surface area (Å²) in [5.74, 6) is -1.17. The number of esters is 1. The van der Waals surface area contributed by atoms with E-state index in [1.165, 1.54) is 23.5 Å². The number of halogens is 2. The summed E-state index contributed by atoms with van der Waals surface area (Å²) in [6.07, 6.45) is 0. The highest BCUT2D eigenvalue weighted by Gasteiger charge is 2.25. The first-order valence-corrected chi connectivity index (χ1v) is 11.2. The van der Waals surface area contributed by atoms with Crippen molar-refractivity contribution in [3.8, 4) is 0 Å². The minimum Gasteiger partial charge on any atom is -0.454 e. The van der Waals surface area contributed by atoms with Crippen molar-refractivity contribution in [1.29, 1.82) is 0 Å². The SMILES string of the molecule is CC(C)(C)NS(=O)(=O)c1cc(C(=O)OCC(=O)c2ccc(Br)s2)ccc1Cl. The minimum atomic E-state index is -3.94. The number of rotatable bonds is 6. The molecule has 0 fully saturated rings. The molecular weight excluding hydrogens is 478 g/mol. The van der Waals surface area contributed by atoms with E-state index in [0.29, 0.717) is 4.88 Å². The van der Waals surface area contributed by atoms with Crippen molar-refractivity contribution >= 4 is 60.6 Å². The lowest BCUT2D eigenvalue weighted by atomic mass is 10.1. The molecule has 0 bridgehead atoms. The van der Waals surface area contributed by atoms with Crippen LogP contribution in [0, 0.1) is 0 Å². The van der Waals surface area contributed by atoms with Crippen LogP contribution in [0.4, 0.5) is 0 Å². The highest BCUT2D eigenvalue weighted by molar-refractivity contribution is 9.11. The van der Waals surface area contributed by atoms with Crippen molar-refractivity contribution < 1.29 is 22.7 Å². The van der Waals surface area contributed by atoms with Crippen molar-refractivity contribution in [3.63, 3.8) is 0 Å². The first kappa shape index (κ1) is 22.0. The van der Waals surface area contributed by atoms with Gasteiger partial charge in [-0.05, 0) is 67.0 Å². The van der Waals surface area contributed by atoms with Crippen LogP contribution in [0.15, 0.2) is 39.0 Å². The first-order chi connectivity index (χ1) is 12.4. The molecule has 0 amide bonds. The Bertz CT molecular complexity index is 979. The van der Waals surface area contributed by atoms with Gasteiger partial charge in [-0.15, -0.1) is 11.3 Å². The van der Waals surface area contributed by atoms with E-state index in [2.05, 4.69) is 20.7 Å². The highest BCUT2D eigenvalue weighted by atomic mass is 79.9. The van der Waals surface area contributed by atoms with Gasteiger partial charge in [0, 0.05) is 5.54 Å². The lowest BCUT2D eigenvalue weighted by Crippen LogP contribution is -2.40. The quantitative estimate of drug-likeness (QED) is 0.478. The fourth-order valence-electron chi connectivity index (χ4n) is 2.04. The number of ketones is 1. The Morgan fingerprint density at radius 2 is 1.89 bits per heavy atom. The van der Waals surface area contributed by atoms with E-state index in [9.17, 15) is 18.0 Å². The monoisotopic (exact) mass is 493 g/mol. The fourth-order valence-corrected chi connectivity index (χ4v) is 5.30. The van der Waals surface area contributed by atoms with Gasteiger partial charge in [0.1, 0.15) is 4.90 Å². The summed E-state index contributed by atoms with van der Waals surface area (Å²) in [5.41, 5.74) is -0.742. The number of hydrogen-bond acceptors (Lipinski definition) is 6. The van der Waals surface area contributed by atoms with E-state index in [-0.39, 0.29) is 21.3 Å². The molecule has 0 unspecified atom stereocenters. The Balaban J connectivity index is 2.17. The van der Waals surface area contributed by atoms with Crippen LogP contribution >= 0.6 is 38.9 Å². The standard InChI is InChI=1S/C17H17BrClNO5S2/c1-17(2,3)20-27(23,24)14-8-10(4-5-11(14)19)16(22)25-9-12(21)13-6-7-15(18)26-13/h4-8,20H,9H2,1-3H3. The van der Waals surface area contributed by atoms with Crippen LogP contribution in [0.1, 0.15) is 40.8 Å². The van der Waals surface area contributed by atoms with Gasteiger partial charge in [0.05, 0.1) is 19.2 Å². The minimum absolute atomic E-state index is 0.0196. The lowest BCUT2D eigenvalue weighted by molar-refractivity contribution is 0.0475. The molecule has 1 heterocycles. The molecule has 0 atom stereocenters. The third-order valence-electron chi connectivity index (χ3n) is 3.08. The van der Waals surface area contributed by atoms with Crippen LogP contribution in [0.25, 0.3) is 0 Å². The number of ether oxygens (including phenoxy) is 1. The third-order valence-corrected chi connectivity index (χ3v) is 6.98. The topological polar surface area (TPSA) is 89.5 Å². The number of nitrogens with one attached hydrogen (secondary N) is 1. The number of Topliss-reactive ketones (excluding diaryl/α,β-unsaturated/α-hetero) is 1. The Hall–Kier alpha value is -1.26.